The van der Waals surface area contributed by atoms with Crippen LogP contribution in [0, 0.1) is 20.8 Å². The molecule has 1 aromatic heterocycles. The molecule has 1 amide bonds. The average Bonchev–Trinajstić information content (AvgIpc) is 2.84. The van der Waals surface area contributed by atoms with E-state index >= 15 is 0 Å². The van der Waals surface area contributed by atoms with Gasteiger partial charge in [0.1, 0.15) is 5.58 Å². The SMILES string of the molecule is Cc1ccc(NC(=O)Cc2coc3cc(C)cc(C)c23)cc1. The van der Waals surface area contributed by atoms with E-state index in [9.17, 15) is 4.79 Å². The van der Waals surface area contributed by atoms with Crippen molar-refractivity contribution in [2.24, 2.45) is 0 Å². The van der Waals surface area contributed by atoms with Crippen LogP contribution in [0.1, 0.15) is 22.3 Å². The molecule has 0 fully saturated rings. The number of fused-ring (bicyclic) bond motifs is 1. The van der Waals surface area contributed by atoms with Crippen molar-refractivity contribution in [3.05, 3.63) is 64.9 Å². The van der Waals surface area contributed by atoms with Crippen LogP contribution in [0.3, 0.4) is 0 Å². The number of anilines is 1. The van der Waals surface area contributed by atoms with Crippen LogP contribution in [0.15, 0.2) is 47.1 Å². The Bertz CT molecular complexity index is 829. The van der Waals surface area contributed by atoms with Crippen molar-refractivity contribution in [2.45, 2.75) is 27.2 Å². The second kappa shape index (κ2) is 5.68. The van der Waals surface area contributed by atoms with Gasteiger partial charge in [0, 0.05) is 16.6 Å². The van der Waals surface area contributed by atoms with Crippen LogP contribution in [0.25, 0.3) is 11.0 Å². The number of aryl methyl sites for hydroxylation is 3. The molecule has 3 aromatic rings. The molecule has 2 aromatic carbocycles. The Labute approximate surface area is 130 Å². The zero-order chi connectivity index (χ0) is 15.7. The Morgan fingerprint density at radius 3 is 2.50 bits per heavy atom. The van der Waals surface area contributed by atoms with Crippen LogP contribution in [0.2, 0.25) is 0 Å². The lowest BCUT2D eigenvalue weighted by atomic mass is 10.0. The quantitative estimate of drug-likeness (QED) is 0.770. The van der Waals surface area contributed by atoms with Crippen molar-refractivity contribution < 1.29 is 9.21 Å². The van der Waals surface area contributed by atoms with Crippen molar-refractivity contribution in [1.29, 1.82) is 0 Å². The summed E-state index contributed by atoms with van der Waals surface area (Å²) in [5, 5.41) is 3.97. The topological polar surface area (TPSA) is 42.2 Å². The normalized spacial score (nSPS) is 10.9. The highest BCUT2D eigenvalue weighted by Gasteiger charge is 2.13. The van der Waals surface area contributed by atoms with E-state index in [1.54, 1.807) is 6.26 Å². The first-order valence-corrected chi connectivity index (χ1v) is 7.37. The Morgan fingerprint density at radius 1 is 1.05 bits per heavy atom. The van der Waals surface area contributed by atoms with Crippen molar-refractivity contribution in [3.63, 3.8) is 0 Å². The van der Waals surface area contributed by atoms with E-state index in [0.717, 1.165) is 33.3 Å². The summed E-state index contributed by atoms with van der Waals surface area (Å²) in [6.07, 6.45) is 2.00. The van der Waals surface area contributed by atoms with Gasteiger partial charge >= 0.3 is 0 Å². The van der Waals surface area contributed by atoms with Crippen molar-refractivity contribution in [1.82, 2.24) is 0 Å². The van der Waals surface area contributed by atoms with Crippen molar-refractivity contribution >= 4 is 22.6 Å². The number of carbonyl (C=O) groups excluding carboxylic acids is 1. The first kappa shape index (κ1) is 14.4. The fourth-order valence-electron chi connectivity index (χ4n) is 2.77. The molecule has 0 radical (unpaired) electrons. The minimum Gasteiger partial charge on any atom is -0.464 e. The summed E-state index contributed by atoms with van der Waals surface area (Å²) in [5.74, 6) is -0.0356. The number of hydrogen-bond donors (Lipinski definition) is 1. The lowest BCUT2D eigenvalue weighted by Gasteiger charge is -2.06. The molecule has 0 aliphatic carbocycles. The smallest absolute Gasteiger partial charge is 0.228 e. The summed E-state index contributed by atoms with van der Waals surface area (Å²) in [4.78, 5) is 12.2. The Morgan fingerprint density at radius 2 is 1.77 bits per heavy atom. The number of hydrogen-bond acceptors (Lipinski definition) is 2. The minimum absolute atomic E-state index is 0.0356. The maximum atomic E-state index is 12.2. The lowest BCUT2D eigenvalue weighted by Crippen LogP contribution is -2.14. The monoisotopic (exact) mass is 293 g/mol. The Hall–Kier alpha value is -2.55. The summed E-state index contributed by atoms with van der Waals surface area (Å²) in [7, 11) is 0. The first-order valence-electron chi connectivity index (χ1n) is 7.37. The van der Waals surface area contributed by atoms with Gasteiger partial charge in [-0.15, -0.1) is 0 Å². The highest BCUT2D eigenvalue weighted by atomic mass is 16.3. The third-order valence-electron chi connectivity index (χ3n) is 3.78. The van der Waals surface area contributed by atoms with E-state index < -0.39 is 0 Å². The number of carbonyl (C=O) groups is 1. The predicted octanol–water partition coefficient (Wildman–Crippen LogP) is 4.54. The van der Waals surface area contributed by atoms with Gasteiger partial charge in [0.2, 0.25) is 5.91 Å². The van der Waals surface area contributed by atoms with Crippen molar-refractivity contribution in [3.8, 4) is 0 Å². The van der Waals surface area contributed by atoms with Gasteiger partial charge in [-0.3, -0.25) is 4.79 Å². The number of rotatable bonds is 3. The third kappa shape index (κ3) is 2.89. The van der Waals surface area contributed by atoms with Gasteiger partial charge in [-0.2, -0.15) is 0 Å². The van der Waals surface area contributed by atoms with Crippen molar-refractivity contribution in [2.75, 3.05) is 5.32 Å². The molecule has 3 rings (SSSR count). The first-order chi connectivity index (χ1) is 10.5. The van der Waals surface area contributed by atoms with Crippen LogP contribution in [-0.4, -0.2) is 5.91 Å². The van der Waals surface area contributed by atoms with E-state index in [4.69, 9.17) is 4.42 Å². The van der Waals surface area contributed by atoms with Crippen LogP contribution in [-0.2, 0) is 11.2 Å². The van der Waals surface area contributed by atoms with E-state index in [-0.39, 0.29) is 5.91 Å². The summed E-state index contributed by atoms with van der Waals surface area (Å²) in [6.45, 7) is 6.11. The number of amides is 1. The predicted molar refractivity (Wildman–Crippen MR) is 89.2 cm³/mol. The van der Waals surface area contributed by atoms with Gasteiger partial charge in [-0.05, 0) is 50.1 Å². The Kier molecular flexibility index (Phi) is 3.72. The average molecular weight is 293 g/mol. The molecule has 0 aliphatic rings. The summed E-state index contributed by atoms with van der Waals surface area (Å²) in [5.41, 5.74) is 6.06. The van der Waals surface area contributed by atoms with Crippen LogP contribution in [0.4, 0.5) is 5.69 Å². The zero-order valence-corrected chi connectivity index (χ0v) is 13.1. The van der Waals surface area contributed by atoms with Gasteiger partial charge in [-0.25, -0.2) is 0 Å². The highest BCUT2D eigenvalue weighted by Crippen LogP contribution is 2.26. The molecule has 0 bridgehead atoms. The molecule has 1 heterocycles. The molecule has 0 aliphatic heterocycles. The van der Waals surface area contributed by atoms with Gasteiger partial charge in [0.15, 0.2) is 0 Å². The lowest BCUT2D eigenvalue weighted by molar-refractivity contribution is -0.115. The molecule has 0 atom stereocenters. The number of furan rings is 1. The molecule has 112 valence electrons. The fourth-order valence-corrected chi connectivity index (χ4v) is 2.77. The Balaban J connectivity index is 1.81. The summed E-state index contributed by atoms with van der Waals surface area (Å²) >= 11 is 0. The molecule has 0 saturated carbocycles. The van der Waals surface area contributed by atoms with E-state index in [1.807, 2.05) is 51.1 Å². The second-order valence-corrected chi connectivity index (χ2v) is 5.81. The fraction of sp³-hybridized carbons (Fsp3) is 0.211. The molecular weight excluding hydrogens is 274 g/mol. The van der Waals surface area contributed by atoms with E-state index in [1.165, 1.54) is 5.56 Å². The van der Waals surface area contributed by atoms with Gasteiger partial charge < -0.3 is 9.73 Å². The van der Waals surface area contributed by atoms with Crippen LogP contribution < -0.4 is 5.32 Å². The molecule has 0 spiro atoms. The van der Waals surface area contributed by atoms with Gasteiger partial charge in [0.05, 0.1) is 12.7 Å². The second-order valence-electron chi connectivity index (χ2n) is 5.81. The van der Waals surface area contributed by atoms with Crippen LogP contribution in [0.5, 0.6) is 0 Å². The van der Waals surface area contributed by atoms with Crippen LogP contribution >= 0.6 is 0 Å². The molecule has 3 heteroatoms. The van der Waals surface area contributed by atoms with E-state index in [2.05, 4.69) is 11.4 Å². The largest absolute Gasteiger partial charge is 0.464 e. The van der Waals surface area contributed by atoms with Gasteiger partial charge in [0.25, 0.3) is 0 Å². The third-order valence-corrected chi connectivity index (χ3v) is 3.78. The summed E-state index contributed by atoms with van der Waals surface area (Å²) < 4.78 is 5.60. The molecular formula is C19H19NO2. The van der Waals surface area contributed by atoms with E-state index in [0.29, 0.717) is 6.42 Å². The molecule has 1 N–H and O–H groups in total. The maximum absolute atomic E-state index is 12.2. The number of benzene rings is 2. The maximum Gasteiger partial charge on any atom is 0.228 e. The molecule has 22 heavy (non-hydrogen) atoms. The molecule has 0 unspecified atom stereocenters. The minimum atomic E-state index is -0.0356. The van der Waals surface area contributed by atoms with Gasteiger partial charge in [-0.1, -0.05) is 23.8 Å². The number of nitrogens with one attached hydrogen (secondary N) is 1. The summed E-state index contributed by atoms with van der Waals surface area (Å²) in [6, 6.07) is 11.9. The highest BCUT2D eigenvalue weighted by molar-refractivity contribution is 5.96. The standard InChI is InChI=1S/C19H19NO2/c1-12-4-6-16(7-5-12)20-18(21)10-15-11-22-17-9-13(2)8-14(3)19(15)17/h4-9,11H,10H2,1-3H3,(H,20,21). The molecule has 3 nitrogen and oxygen atoms in total. The zero-order valence-electron chi connectivity index (χ0n) is 13.1. The molecule has 0 saturated heterocycles.